The first kappa shape index (κ1) is 17.4. The molecule has 0 saturated heterocycles. The van der Waals surface area contributed by atoms with Gasteiger partial charge in [-0.25, -0.2) is 4.68 Å². The van der Waals surface area contributed by atoms with Crippen LogP contribution in [-0.2, 0) is 19.5 Å². The summed E-state index contributed by atoms with van der Waals surface area (Å²) in [6, 6.07) is 8.01. The highest BCUT2D eigenvalue weighted by molar-refractivity contribution is 5.64. The van der Waals surface area contributed by atoms with E-state index in [1.165, 1.54) is 4.68 Å². The molecule has 23 heavy (non-hydrogen) atoms. The Morgan fingerprint density at radius 2 is 1.87 bits per heavy atom. The average Bonchev–Trinajstić information content (AvgIpc) is 2.51. The van der Waals surface area contributed by atoms with Crippen molar-refractivity contribution >= 4 is 0 Å². The van der Waals surface area contributed by atoms with Crippen LogP contribution in [0.25, 0.3) is 11.3 Å². The molecule has 2 aromatic rings. The second kappa shape index (κ2) is 7.53. The molecule has 1 aromatic heterocycles. The van der Waals surface area contributed by atoms with Gasteiger partial charge in [-0.15, -0.1) is 0 Å². The minimum atomic E-state index is -0.152. The predicted octanol–water partition coefficient (Wildman–Crippen LogP) is 1.87. The molecule has 0 aliphatic carbocycles. The fourth-order valence-electron chi connectivity index (χ4n) is 2.66. The molecule has 5 heteroatoms. The zero-order valence-electron chi connectivity index (χ0n) is 14.0. The van der Waals surface area contributed by atoms with Crippen LogP contribution in [-0.4, -0.2) is 21.5 Å². The van der Waals surface area contributed by atoms with Gasteiger partial charge in [0.05, 0.1) is 5.69 Å². The van der Waals surface area contributed by atoms with Gasteiger partial charge in [-0.1, -0.05) is 43.7 Å². The molecule has 0 radical (unpaired) electrons. The van der Waals surface area contributed by atoms with E-state index >= 15 is 0 Å². The van der Waals surface area contributed by atoms with Gasteiger partial charge in [0.25, 0.3) is 5.56 Å². The number of aliphatic hydroxyl groups is 1. The summed E-state index contributed by atoms with van der Waals surface area (Å²) >= 11 is 0. The van der Waals surface area contributed by atoms with E-state index < -0.39 is 0 Å². The molecule has 0 aliphatic heterocycles. The first-order chi connectivity index (χ1) is 11.0. The van der Waals surface area contributed by atoms with E-state index in [4.69, 9.17) is 5.73 Å². The Balaban J connectivity index is 2.70. The molecule has 124 valence electrons. The Hall–Kier alpha value is -1.98. The molecule has 1 aromatic carbocycles. The van der Waals surface area contributed by atoms with E-state index in [2.05, 4.69) is 5.10 Å². The number of aryl methyl sites for hydroxylation is 1. The molecule has 0 aliphatic rings. The standard InChI is InChI=1S/C18H25N3O2/c1-12(2)11-21-18(23)16(10-19)15(8-9-22)17(20-21)14-6-4-13(3)5-7-14/h4-7,12,22H,8-11,19H2,1-3H3. The predicted molar refractivity (Wildman–Crippen MR) is 92.2 cm³/mol. The van der Waals surface area contributed by atoms with Crippen LogP contribution >= 0.6 is 0 Å². The third-order valence-electron chi connectivity index (χ3n) is 3.79. The highest BCUT2D eigenvalue weighted by Crippen LogP contribution is 2.23. The summed E-state index contributed by atoms with van der Waals surface area (Å²) in [7, 11) is 0. The fourth-order valence-corrected chi connectivity index (χ4v) is 2.66. The molecular formula is C18H25N3O2. The summed E-state index contributed by atoms with van der Waals surface area (Å²) in [6.07, 6.45) is 0.375. The van der Waals surface area contributed by atoms with E-state index in [9.17, 15) is 9.90 Å². The normalized spacial score (nSPS) is 11.2. The van der Waals surface area contributed by atoms with Crippen molar-refractivity contribution in [2.45, 2.75) is 40.3 Å². The van der Waals surface area contributed by atoms with Crippen molar-refractivity contribution in [1.82, 2.24) is 9.78 Å². The molecule has 0 unspecified atom stereocenters. The average molecular weight is 315 g/mol. The third-order valence-corrected chi connectivity index (χ3v) is 3.79. The maximum Gasteiger partial charge on any atom is 0.271 e. The van der Waals surface area contributed by atoms with Crippen molar-refractivity contribution in [3.8, 4) is 11.3 Å². The minimum Gasteiger partial charge on any atom is -0.396 e. The Bertz CT molecular complexity index is 718. The molecular weight excluding hydrogens is 290 g/mol. The second-order valence-electron chi connectivity index (χ2n) is 6.23. The van der Waals surface area contributed by atoms with Crippen LogP contribution in [0, 0.1) is 12.8 Å². The number of aliphatic hydroxyl groups excluding tert-OH is 1. The van der Waals surface area contributed by atoms with Gasteiger partial charge >= 0.3 is 0 Å². The Labute approximate surface area is 136 Å². The molecule has 1 heterocycles. The van der Waals surface area contributed by atoms with Crippen molar-refractivity contribution < 1.29 is 5.11 Å². The first-order valence-corrected chi connectivity index (χ1v) is 7.98. The number of benzene rings is 1. The van der Waals surface area contributed by atoms with Crippen LogP contribution in [0.1, 0.15) is 30.5 Å². The molecule has 0 saturated carbocycles. The number of hydrogen-bond acceptors (Lipinski definition) is 4. The van der Waals surface area contributed by atoms with E-state index in [0.29, 0.717) is 24.4 Å². The first-order valence-electron chi connectivity index (χ1n) is 7.98. The molecule has 3 N–H and O–H groups in total. The number of rotatable bonds is 6. The maximum absolute atomic E-state index is 12.6. The van der Waals surface area contributed by atoms with E-state index in [-0.39, 0.29) is 18.7 Å². The highest BCUT2D eigenvalue weighted by Gasteiger charge is 2.17. The Morgan fingerprint density at radius 3 is 2.39 bits per heavy atom. The molecule has 0 spiro atoms. The smallest absolute Gasteiger partial charge is 0.271 e. The van der Waals surface area contributed by atoms with Crippen LogP contribution < -0.4 is 11.3 Å². The third kappa shape index (κ3) is 3.86. The number of aromatic nitrogens is 2. The lowest BCUT2D eigenvalue weighted by Gasteiger charge is -2.17. The summed E-state index contributed by atoms with van der Waals surface area (Å²) in [5, 5.41) is 14.0. The number of hydrogen-bond donors (Lipinski definition) is 2. The molecule has 0 fully saturated rings. The van der Waals surface area contributed by atoms with Gasteiger partial charge in [0.15, 0.2) is 0 Å². The van der Waals surface area contributed by atoms with E-state index in [1.54, 1.807) is 0 Å². The highest BCUT2D eigenvalue weighted by atomic mass is 16.3. The zero-order chi connectivity index (χ0) is 17.0. The zero-order valence-corrected chi connectivity index (χ0v) is 14.0. The van der Waals surface area contributed by atoms with Crippen LogP contribution in [0.2, 0.25) is 0 Å². The van der Waals surface area contributed by atoms with Gasteiger partial charge in [-0.3, -0.25) is 4.79 Å². The maximum atomic E-state index is 12.6. The van der Waals surface area contributed by atoms with Crippen molar-refractivity contribution in [3.63, 3.8) is 0 Å². The van der Waals surface area contributed by atoms with Gasteiger partial charge in [0.2, 0.25) is 0 Å². The summed E-state index contributed by atoms with van der Waals surface area (Å²) < 4.78 is 1.50. The van der Waals surface area contributed by atoms with E-state index in [0.717, 1.165) is 22.4 Å². The second-order valence-corrected chi connectivity index (χ2v) is 6.23. The lowest BCUT2D eigenvalue weighted by molar-refractivity contribution is 0.299. The molecule has 0 bridgehead atoms. The van der Waals surface area contributed by atoms with Crippen LogP contribution in [0.3, 0.4) is 0 Å². The fraction of sp³-hybridized carbons (Fsp3) is 0.444. The number of nitrogens with two attached hydrogens (primary N) is 1. The SMILES string of the molecule is Cc1ccc(-c2nn(CC(C)C)c(=O)c(CN)c2CCO)cc1. The van der Waals surface area contributed by atoms with Gasteiger partial charge < -0.3 is 10.8 Å². The topological polar surface area (TPSA) is 81.1 Å². The quantitative estimate of drug-likeness (QED) is 0.852. The van der Waals surface area contributed by atoms with Crippen LogP contribution in [0.15, 0.2) is 29.1 Å². The lowest BCUT2D eigenvalue weighted by Crippen LogP contribution is -2.32. The van der Waals surface area contributed by atoms with Crippen molar-refractivity contribution in [3.05, 3.63) is 51.3 Å². The molecule has 2 rings (SSSR count). The molecule has 0 amide bonds. The van der Waals surface area contributed by atoms with Crippen LogP contribution in [0.5, 0.6) is 0 Å². The largest absolute Gasteiger partial charge is 0.396 e. The summed E-state index contributed by atoms with van der Waals surface area (Å²) in [4.78, 5) is 12.6. The van der Waals surface area contributed by atoms with E-state index in [1.807, 2.05) is 45.0 Å². The lowest BCUT2D eigenvalue weighted by atomic mass is 9.99. The van der Waals surface area contributed by atoms with Gasteiger partial charge in [0.1, 0.15) is 0 Å². The van der Waals surface area contributed by atoms with Crippen molar-refractivity contribution in [2.75, 3.05) is 6.61 Å². The minimum absolute atomic E-state index is 0.0405. The summed E-state index contributed by atoms with van der Waals surface area (Å²) in [5.74, 6) is 0.306. The molecule has 0 atom stereocenters. The van der Waals surface area contributed by atoms with Crippen molar-refractivity contribution in [2.24, 2.45) is 11.7 Å². The monoisotopic (exact) mass is 315 g/mol. The van der Waals surface area contributed by atoms with Gasteiger partial charge in [-0.2, -0.15) is 5.10 Å². The Kier molecular flexibility index (Phi) is 5.69. The van der Waals surface area contributed by atoms with Gasteiger partial charge in [0, 0.05) is 30.8 Å². The van der Waals surface area contributed by atoms with Crippen LogP contribution in [0.4, 0.5) is 0 Å². The Morgan fingerprint density at radius 1 is 1.22 bits per heavy atom. The van der Waals surface area contributed by atoms with Gasteiger partial charge in [-0.05, 0) is 24.8 Å². The number of nitrogens with zero attached hydrogens (tertiary/aromatic N) is 2. The van der Waals surface area contributed by atoms with Crippen molar-refractivity contribution in [1.29, 1.82) is 0 Å². The molecule has 5 nitrogen and oxygen atoms in total. The summed E-state index contributed by atoms with van der Waals surface area (Å²) in [5.41, 5.74) is 9.81. The summed E-state index contributed by atoms with van der Waals surface area (Å²) in [6.45, 7) is 6.77.